The third-order valence-corrected chi connectivity index (χ3v) is 7.66. The van der Waals surface area contributed by atoms with Gasteiger partial charge in [-0.2, -0.15) is 13.2 Å². The van der Waals surface area contributed by atoms with Crippen molar-refractivity contribution in [3.8, 4) is 0 Å². The Labute approximate surface area is 236 Å². The van der Waals surface area contributed by atoms with E-state index in [9.17, 15) is 22.8 Å². The summed E-state index contributed by atoms with van der Waals surface area (Å²) in [5.74, 6) is -0.0125. The number of benzene rings is 2. The van der Waals surface area contributed by atoms with E-state index in [1.54, 1.807) is 0 Å². The molecule has 3 aliphatic heterocycles. The van der Waals surface area contributed by atoms with Crippen molar-refractivity contribution in [2.75, 3.05) is 62.7 Å². The SMILES string of the molecule is O=C(c1ccc(NC2CN(C3CCN(c4ccccc4)CC3)C2)cc1Cl)N1CCOCC1.O=CC(O)C(F)(F)F. The maximum atomic E-state index is 12.7. The molecule has 3 fully saturated rings. The van der Waals surface area contributed by atoms with Crippen LogP contribution >= 0.6 is 11.6 Å². The van der Waals surface area contributed by atoms with E-state index in [1.165, 1.54) is 18.5 Å². The number of hydrogen-bond donors (Lipinski definition) is 2. The lowest BCUT2D eigenvalue weighted by Crippen LogP contribution is -2.60. The zero-order chi connectivity index (χ0) is 28.7. The Bertz CT molecular complexity index is 1120. The van der Waals surface area contributed by atoms with E-state index in [2.05, 4.69) is 45.4 Å². The molecule has 3 aliphatic rings. The second-order valence-corrected chi connectivity index (χ2v) is 10.5. The monoisotopic (exact) mass is 582 g/mol. The van der Waals surface area contributed by atoms with Crippen LogP contribution in [0.4, 0.5) is 24.5 Å². The fourth-order valence-corrected chi connectivity index (χ4v) is 5.32. The molecule has 3 saturated heterocycles. The van der Waals surface area contributed by atoms with E-state index in [1.807, 2.05) is 23.1 Å². The average molecular weight is 583 g/mol. The first kappa shape index (κ1) is 30.1. The lowest BCUT2D eigenvalue weighted by Gasteiger charge is -2.48. The van der Waals surface area contributed by atoms with Crippen LogP contribution in [0.15, 0.2) is 48.5 Å². The number of aliphatic hydroxyl groups is 1. The van der Waals surface area contributed by atoms with Gasteiger partial charge in [0.05, 0.1) is 29.8 Å². The molecule has 3 heterocycles. The summed E-state index contributed by atoms with van der Waals surface area (Å²) in [5, 5.41) is 11.8. The molecule has 0 saturated carbocycles. The Hall–Kier alpha value is -2.86. The first-order valence-electron chi connectivity index (χ1n) is 13.3. The average Bonchev–Trinajstić information content (AvgIpc) is 2.95. The van der Waals surface area contributed by atoms with E-state index < -0.39 is 18.6 Å². The van der Waals surface area contributed by atoms with Gasteiger partial charge in [0.1, 0.15) is 0 Å². The second-order valence-electron chi connectivity index (χ2n) is 10.1. The Morgan fingerprint density at radius 3 is 2.25 bits per heavy atom. The Morgan fingerprint density at radius 1 is 1.05 bits per heavy atom. The number of likely N-dealkylation sites (tertiary alicyclic amines) is 1. The highest BCUT2D eigenvalue weighted by Crippen LogP contribution is 2.28. The molecule has 5 rings (SSSR count). The first-order valence-corrected chi connectivity index (χ1v) is 13.7. The third-order valence-electron chi connectivity index (χ3n) is 7.34. The van der Waals surface area contributed by atoms with E-state index in [0.717, 1.165) is 31.9 Å². The maximum Gasteiger partial charge on any atom is 0.421 e. The fourth-order valence-electron chi connectivity index (χ4n) is 5.06. The third kappa shape index (κ3) is 7.87. The number of alkyl halides is 3. The predicted octanol–water partition coefficient (Wildman–Crippen LogP) is 3.69. The number of hydrogen-bond acceptors (Lipinski definition) is 7. The quantitative estimate of drug-likeness (QED) is 0.503. The van der Waals surface area contributed by atoms with E-state index in [0.29, 0.717) is 49.0 Å². The number of nitrogens with zero attached hydrogens (tertiary/aromatic N) is 3. The highest BCUT2D eigenvalue weighted by Gasteiger charge is 2.38. The van der Waals surface area contributed by atoms with Gasteiger partial charge in [-0.05, 0) is 43.2 Å². The van der Waals surface area contributed by atoms with Gasteiger partial charge in [-0.25, -0.2) is 0 Å². The molecule has 218 valence electrons. The molecular weight excluding hydrogens is 549 g/mol. The summed E-state index contributed by atoms with van der Waals surface area (Å²) in [6, 6.07) is 17.5. The molecule has 0 radical (unpaired) electrons. The Kier molecular flexibility index (Phi) is 10.3. The van der Waals surface area contributed by atoms with Crippen LogP contribution in [0, 0.1) is 0 Å². The number of aldehydes is 1. The molecule has 0 bridgehead atoms. The van der Waals surface area contributed by atoms with Crippen molar-refractivity contribution in [3.05, 3.63) is 59.1 Å². The van der Waals surface area contributed by atoms with Gasteiger partial charge in [0, 0.05) is 56.7 Å². The lowest BCUT2D eigenvalue weighted by molar-refractivity contribution is -0.197. The normalized spacial score (nSPS) is 19.7. The van der Waals surface area contributed by atoms with E-state index >= 15 is 0 Å². The van der Waals surface area contributed by atoms with Crippen LogP contribution in [0.1, 0.15) is 23.2 Å². The summed E-state index contributed by atoms with van der Waals surface area (Å²) in [7, 11) is 0. The lowest BCUT2D eigenvalue weighted by atomic mass is 9.97. The first-order chi connectivity index (χ1) is 19.2. The molecule has 2 aromatic carbocycles. The van der Waals surface area contributed by atoms with Crippen LogP contribution in [0.3, 0.4) is 0 Å². The van der Waals surface area contributed by atoms with Gasteiger partial charge in [0.25, 0.3) is 5.91 Å². The van der Waals surface area contributed by atoms with E-state index in [-0.39, 0.29) is 5.91 Å². The van der Waals surface area contributed by atoms with Crippen LogP contribution in [0.5, 0.6) is 0 Å². The summed E-state index contributed by atoms with van der Waals surface area (Å²) in [6.45, 7) is 6.78. The zero-order valence-corrected chi connectivity index (χ0v) is 22.8. The molecule has 8 nitrogen and oxygen atoms in total. The van der Waals surface area contributed by atoms with Gasteiger partial charge < -0.3 is 29.8 Å². The highest BCUT2D eigenvalue weighted by molar-refractivity contribution is 6.34. The molecule has 0 spiro atoms. The second kappa shape index (κ2) is 13.7. The number of piperidine rings is 1. The largest absolute Gasteiger partial charge is 0.421 e. The van der Waals surface area contributed by atoms with Crippen LogP contribution in [0.2, 0.25) is 5.02 Å². The molecule has 0 aliphatic carbocycles. The number of ether oxygens (including phenoxy) is 1. The zero-order valence-electron chi connectivity index (χ0n) is 22.0. The number of halogens is 4. The standard InChI is InChI=1S/C25H31ClN4O2.C3H3F3O2/c26-24-16-19(6-7-23(24)25(31)29-12-14-32-15-13-29)27-20-17-30(18-20)22-8-10-28(11-9-22)21-4-2-1-3-5-21;4-3(5,6)2(8)1-7/h1-7,16,20,22,27H,8-15,17-18H2;1-2,8H. The molecule has 2 N–H and O–H groups in total. The molecule has 2 aromatic rings. The molecular formula is C28H34ClF3N4O4. The van der Waals surface area contributed by atoms with Crippen molar-refractivity contribution < 1.29 is 32.6 Å². The van der Waals surface area contributed by atoms with Gasteiger partial charge >= 0.3 is 6.18 Å². The van der Waals surface area contributed by atoms with Crippen LogP contribution in [-0.4, -0.2) is 104 Å². The minimum absolute atomic E-state index is 0.0125. The fraction of sp³-hybridized carbons (Fsp3) is 0.500. The Morgan fingerprint density at radius 2 is 1.70 bits per heavy atom. The number of morpholine rings is 1. The summed E-state index contributed by atoms with van der Waals surface area (Å²) < 4.78 is 38.2. The topological polar surface area (TPSA) is 85.4 Å². The summed E-state index contributed by atoms with van der Waals surface area (Å²) in [5.41, 5.74) is 2.89. The van der Waals surface area contributed by atoms with Gasteiger partial charge in [-0.15, -0.1) is 0 Å². The smallest absolute Gasteiger partial charge is 0.380 e. The minimum Gasteiger partial charge on any atom is -0.380 e. The minimum atomic E-state index is -4.80. The van der Waals surface area contributed by atoms with Crippen LogP contribution in [0.25, 0.3) is 0 Å². The molecule has 12 heteroatoms. The molecule has 0 aromatic heterocycles. The van der Waals surface area contributed by atoms with Gasteiger partial charge in [-0.3, -0.25) is 9.69 Å². The number of carbonyl (C=O) groups is 2. The van der Waals surface area contributed by atoms with Crippen molar-refractivity contribution in [2.24, 2.45) is 0 Å². The summed E-state index contributed by atoms with van der Waals surface area (Å²) >= 11 is 6.47. The van der Waals surface area contributed by atoms with Crippen molar-refractivity contribution in [2.45, 2.75) is 37.2 Å². The molecule has 1 atom stereocenters. The number of para-hydroxylation sites is 1. The predicted molar refractivity (Wildman–Crippen MR) is 147 cm³/mol. The van der Waals surface area contributed by atoms with Crippen molar-refractivity contribution in [1.29, 1.82) is 0 Å². The van der Waals surface area contributed by atoms with Gasteiger partial charge in [0.2, 0.25) is 6.10 Å². The van der Waals surface area contributed by atoms with Crippen LogP contribution < -0.4 is 10.2 Å². The molecule has 1 amide bonds. The van der Waals surface area contributed by atoms with Gasteiger partial charge in [-0.1, -0.05) is 29.8 Å². The van der Waals surface area contributed by atoms with Gasteiger partial charge in [0.15, 0.2) is 6.29 Å². The van der Waals surface area contributed by atoms with E-state index in [4.69, 9.17) is 21.4 Å². The number of aliphatic hydroxyl groups excluding tert-OH is 1. The number of anilines is 2. The number of nitrogens with one attached hydrogen (secondary N) is 1. The van der Waals surface area contributed by atoms with Crippen molar-refractivity contribution in [3.63, 3.8) is 0 Å². The maximum absolute atomic E-state index is 12.7. The van der Waals surface area contributed by atoms with Crippen molar-refractivity contribution in [1.82, 2.24) is 9.80 Å². The summed E-state index contributed by atoms with van der Waals surface area (Å²) in [6.07, 6.45) is -5.78. The number of carbonyl (C=O) groups excluding carboxylic acids is 2. The summed E-state index contributed by atoms with van der Waals surface area (Å²) in [4.78, 5) is 28.8. The highest BCUT2D eigenvalue weighted by atomic mass is 35.5. The Balaban J connectivity index is 0.000000406. The molecule has 1 unspecified atom stereocenters. The molecule has 40 heavy (non-hydrogen) atoms. The van der Waals surface area contributed by atoms with Crippen molar-refractivity contribution >= 4 is 35.2 Å². The number of amides is 1. The van der Waals surface area contributed by atoms with Crippen LogP contribution in [-0.2, 0) is 9.53 Å². The number of rotatable bonds is 6.